The van der Waals surface area contributed by atoms with Crippen LogP contribution in [0.1, 0.15) is 18.4 Å². The van der Waals surface area contributed by atoms with Gasteiger partial charge in [-0.05, 0) is 30.5 Å². The molecule has 0 radical (unpaired) electrons. The lowest BCUT2D eigenvalue weighted by atomic mass is 9.91. The number of hydrogen-bond donors (Lipinski definition) is 2. The number of hydrogen-bond acceptors (Lipinski definition) is 5. The third-order valence-corrected chi connectivity index (χ3v) is 5.19. The predicted octanol–water partition coefficient (Wildman–Crippen LogP) is 0.740. The molecule has 1 aromatic rings. The smallest absolute Gasteiger partial charge is 0.256 e. The van der Waals surface area contributed by atoms with E-state index in [2.05, 4.69) is 10.2 Å². The first-order chi connectivity index (χ1) is 13.0. The van der Waals surface area contributed by atoms with Gasteiger partial charge in [0.15, 0.2) is 17.2 Å². The Balaban J connectivity index is 1.50. The van der Waals surface area contributed by atoms with E-state index in [0.717, 1.165) is 45.0 Å². The number of carbonyl (C=O) groups is 1. The normalized spacial score (nSPS) is 24.4. The topological polar surface area (TPSA) is 65.0 Å². The van der Waals surface area contributed by atoms with Gasteiger partial charge in [-0.25, -0.2) is 8.78 Å². The molecule has 0 aliphatic carbocycles. The molecule has 0 saturated carbocycles. The van der Waals surface area contributed by atoms with Crippen molar-refractivity contribution < 1.29 is 23.4 Å². The molecule has 2 aliphatic rings. The highest BCUT2D eigenvalue weighted by Gasteiger charge is 2.41. The van der Waals surface area contributed by atoms with E-state index in [-0.39, 0.29) is 19.0 Å². The third-order valence-electron chi connectivity index (χ3n) is 5.19. The fraction of sp³-hybridized carbons (Fsp3) is 0.632. The summed E-state index contributed by atoms with van der Waals surface area (Å²) in [6, 6.07) is 3.61. The number of aliphatic hydroxyl groups is 1. The number of morpholine rings is 1. The Morgan fingerprint density at radius 3 is 2.70 bits per heavy atom. The molecule has 2 saturated heterocycles. The molecule has 1 amide bonds. The number of halogens is 2. The Morgan fingerprint density at radius 1 is 1.19 bits per heavy atom. The SMILES string of the molecule is O=C1N(Cc2ccc(F)c(F)c2)CCC[C@]1(O)CNCCN1CCOCC1. The summed E-state index contributed by atoms with van der Waals surface area (Å²) in [6.45, 7) is 5.62. The average molecular weight is 383 g/mol. The van der Waals surface area contributed by atoms with Crippen LogP contribution in [0.3, 0.4) is 0 Å². The molecule has 6 nitrogen and oxygen atoms in total. The molecule has 0 aromatic heterocycles. The van der Waals surface area contributed by atoms with Crippen LogP contribution in [0, 0.1) is 11.6 Å². The predicted molar refractivity (Wildman–Crippen MR) is 96.1 cm³/mol. The Morgan fingerprint density at radius 2 is 1.96 bits per heavy atom. The number of nitrogens with zero attached hydrogens (tertiary/aromatic N) is 2. The quantitative estimate of drug-likeness (QED) is 0.680. The van der Waals surface area contributed by atoms with Crippen molar-refractivity contribution in [2.45, 2.75) is 25.0 Å². The van der Waals surface area contributed by atoms with Crippen LogP contribution in [0.15, 0.2) is 18.2 Å². The molecule has 2 fully saturated rings. The molecule has 27 heavy (non-hydrogen) atoms. The molecule has 0 unspecified atom stereocenters. The third kappa shape index (κ3) is 5.22. The van der Waals surface area contributed by atoms with Gasteiger partial charge in [0, 0.05) is 45.8 Å². The molecule has 1 atom stereocenters. The first kappa shape index (κ1) is 20.1. The second kappa shape index (κ2) is 9.05. The van der Waals surface area contributed by atoms with Crippen molar-refractivity contribution >= 4 is 5.91 Å². The van der Waals surface area contributed by atoms with E-state index in [9.17, 15) is 18.7 Å². The molecule has 150 valence electrons. The zero-order chi connectivity index (χ0) is 19.3. The lowest BCUT2D eigenvalue weighted by molar-refractivity contribution is -0.157. The van der Waals surface area contributed by atoms with Crippen LogP contribution in [0.5, 0.6) is 0 Å². The second-order valence-electron chi connectivity index (χ2n) is 7.24. The molecule has 2 aliphatic heterocycles. The second-order valence-corrected chi connectivity index (χ2v) is 7.24. The lowest BCUT2D eigenvalue weighted by Crippen LogP contribution is -2.58. The Hall–Kier alpha value is -1.61. The van der Waals surface area contributed by atoms with E-state index in [1.807, 2.05) is 0 Å². The molecule has 8 heteroatoms. The fourth-order valence-electron chi connectivity index (χ4n) is 3.60. The van der Waals surface area contributed by atoms with Crippen LogP contribution in [-0.4, -0.2) is 78.9 Å². The monoisotopic (exact) mass is 383 g/mol. The highest BCUT2D eigenvalue weighted by Crippen LogP contribution is 2.24. The van der Waals surface area contributed by atoms with Crippen molar-refractivity contribution in [1.29, 1.82) is 0 Å². The van der Waals surface area contributed by atoms with Gasteiger partial charge >= 0.3 is 0 Å². The van der Waals surface area contributed by atoms with Crippen molar-refractivity contribution in [2.24, 2.45) is 0 Å². The van der Waals surface area contributed by atoms with Gasteiger partial charge in [-0.2, -0.15) is 0 Å². The van der Waals surface area contributed by atoms with Gasteiger partial charge in [0.1, 0.15) is 0 Å². The first-order valence-corrected chi connectivity index (χ1v) is 9.44. The van der Waals surface area contributed by atoms with Gasteiger partial charge in [0.05, 0.1) is 13.2 Å². The van der Waals surface area contributed by atoms with E-state index in [1.165, 1.54) is 11.0 Å². The number of piperidine rings is 1. The van der Waals surface area contributed by atoms with Gasteiger partial charge in [-0.1, -0.05) is 6.07 Å². The van der Waals surface area contributed by atoms with Crippen LogP contribution in [0.25, 0.3) is 0 Å². The van der Waals surface area contributed by atoms with Crippen molar-refractivity contribution in [3.63, 3.8) is 0 Å². The maximum absolute atomic E-state index is 13.4. The number of amides is 1. The zero-order valence-corrected chi connectivity index (χ0v) is 15.4. The van der Waals surface area contributed by atoms with E-state index in [0.29, 0.717) is 31.5 Å². The van der Waals surface area contributed by atoms with Crippen LogP contribution < -0.4 is 5.32 Å². The van der Waals surface area contributed by atoms with Crippen LogP contribution >= 0.6 is 0 Å². The summed E-state index contributed by atoms with van der Waals surface area (Å²) in [5.41, 5.74) is -0.950. The fourth-order valence-corrected chi connectivity index (χ4v) is 3.60. The minimum Gasteiger partial charge on any atom is -0.379 e. The number of nitrogens with one attached hydrogen (secondary N) is 1. The first-order valence-electron chi connectivity index (χ1n) is 9.44. The van der Waals surface area contributed by atoms with E-state index < -0.39 is 17.2 Å². The van der Waals surface area contributed by atoms with Crippen LogP contribution in [0.4, 0.5) is 8.78 Å². The number of benzene rings is 1. The number of carbonyl (C=O) groups excluding carboxylic acids is 1. The maximum Gasteiger partial charge on any atom is 0.256 e. The van der Waals surface area contributed by atoms with Crippen molar-refractivity contribution in [1.82, 2.24) is 15.1 Å². The average Bonchev–Trinajstić information content (AvgIpc) is 2.67. The molecule has 2 heterocycles. The highest BCUT2D eigenvalue weighted by atomic mass is 19.2. The standard InChI is InChI=1S/C19H27F2N3O3/c20-16-3-2-15(12-17(16)21)13-24-6-1-4-19(26,18(24)25)14-22-5-7-23-8-10-27-11-9-23/h2-3,12,22,26H,1,4-11,13-14H2/t19-/m0/s1. The van der Waals surface area contributed by atoms with E-state index >= 15 is 0 Å². The number of likely N-dealkylation sites (tertiary alicyclic amines) is 1. The molecular weight excluding hydrogens is 356 g/mol. The van der Waals surface area contributed by atoms with Crippen LogP contribution in [0.2, 0.25) is 0 Å². The number of rotatable bonds is 7. The summed E-state index contributed by atoms with van der Waals surface area (Å²) in [6.07, 6.45) is 1.06. The summed E-state index contributed by atoms with van der Waals surface area (Å²) in [5, 5.41) is 14.0. The molecule has 0 bridgehead atoms. The van der Waals surface area contributed by atoms with Gasteiger partial charge in [0.25, 0.3) is 5.91 Å². The van der Waals surface area contributed by atoms with Gasteiger partial charge in [-0.15, -0.1) is 0 Å². The highest BCUT2D eigenvalue weighted by molar-refractivity contribution is 5.86. The van der Waals surface area contributed by atoms with Crippen LogP contribution in [-0.2, 0) is 16.1 Å². The Labute approximate surface area is 158 Å². The number of ether oxygens (including phenoxy) is 1. The van der Waals surface area contributed by atoms with E-state index in [4.69, 9.17) is 4.74 Å². The van der Waals surface area contributed by atoms with Crippen molar-refractivity contribution in [3.8, 4) is 0 Å². The molecular formula is C19H27F2N3O3. The minimum absolute atomic E-state index is 0.159. The Kier molecular flexibility index (Phi) is 6.75. The van der Waals surface area contributed by atoms with E-state index in [1.54, 1.807) is 0 Å². The van der Waals surface area contributed by atoms with Gasteiger partial charge < -0.3 is 20.1 Å². The minimum atomic E-state index is -1.46. The Bertz CT molecular complexity index is 655. The summed E-state index contributed by atoms with van der Waals surface area (Å²) in [7, 11) is 0. The van der Waals surface area contributed by atoms with Gasteiger partial charge in [0.2, 0.25) is 0 Å². The zero-order valence-electron chi connectivity index (χ0n) is 15.4. The van der Waals surface area contributed by atoms with Crippen molar-refractivity contribution in [2.75, 3.05) is 52.5 Å². The van der Waals surface area contributed by atoms with Gasteiger partial charge in [-0.3, -0.25) is 9.69 Å². The largest absolute Gasteiger partial charge is 0.379 e. The summed E-state index contributed by atoms with van der Waals surface area (Å²) in [5.74, 6) is -2.21. The summed E-state index contributed by atoms with van der Waals surface area (Å²) < 4.78 is 31.8. The molecule has 3 rings (SSSR count). The summed E-state index contributed by atoms with van der Waals surface area (Å²) >= 11 is 0. The molecule has 1 aromatic carbocycles. The molecule has 2 N–H and O–H groups in total. The summed E-state index contributed by atoms with van der Waals surface area (Å²) in [4.78, 5) is 16.5. The maximum atomic E-state index is 13.4. The lowest BCUT2D eigenvalue weighted by Gasteiger charge is -2.38. The van der Waals surface area contributed by atoms with Crippen molar-refractivity contribution in [3.05, 3.63) is 35.4 Å². The molecule has 0 spiro atoms.